The molecule has 0 amide bonds. The molecule has 2 rings (SSSR count). The second kappa shape index (κ2) is 5.50. The molecule has 1 aromatic heterocycles. The molecule has 0 saturated carbocycles. The number of rotatable bonds is 4. The smallest absolute Gasteiger partial charge is 0.133 e. The molecule has 1 saturated heterocycles. The van der Waals surface area contributed by atoms with Crippen LogP contribution in [0, 0.1) is 13.8 Å². The molecule has 2 heterocycles. The van der Waals surface area contributed by atoms with Crippen LogP contribution in [-0.4, -0.2) is 24.6 Å². The largest absolute Gasteiger partial charge is 0.356 e. The first-order valence-electron chi connectivity index (χ1n) is 6.65. The monoisotopic (exact) mass is 233 g/mol. The van der Waals surface area contributed by atoms with Crippen molar-refractivity contribution >= 4 is 5.82 Å². The lowest BCUT2D eigenvalue weighted by Gasteiger charge is -2.22. The van der Waals surface area contributed by atoms with Gasteiger partial charge in [-0.15, -0.1) is 0 Å². The zero-order valence-electron chi connectivity index (χ0n) is 11.2. The molecule has 0 aromatic carbocycles. The maximum Gasteiger partial charge on any atom is 0.133 e. The second-order valence-electron chi connectivity index (χ2n) is 4.86. The fourth-order valence-corrected chi connectivity index (χ4v) is 2.50. The Bertz CT molecular complexity index is 381. The first-order chi connectivity index (χ1) is 8.22. The number of aromatic nitrogens is 1. The highest BCUT2D eigenvalue weighted by atomic mass is 15.2. The fourth-order valence-electron chi connectivity index (χ4n) is 2.50. The predicted octanol–water partition coefficient (Wildman–Crippen LogP) is 2.41. The average Bonchev–Trinajstić information content (AvgIpc) is 2.80. The lowest BCUT2D eigenvalue weighted by Crippen LogP contribution is -2.24. The molecule has 17 heavy (non-hydrogen) atoms. The molecule has 1 aromatic rings. The molecule has 1 aliphatic rings. The van der Waals surface area contributed by atoms with Gasteiger partial charge in [0.25, 0.3) is 0 Å². The van der Waals surface area contributed by atoms with E-state index in [-0.39, 0.29) is 0 Å². The van der Waals surface area contributed by atoms with E-state index >= 15 is 0 Å². The van der Waals surface area contributed by atoms with Crippen LogP contribution >= 0.6 is 0 Å². The molecule has 1 fully saturated rings. The number of nitrogens with one attached hydrogen (secondary N) is 1. The quantitative estimate of drug-likeness (QED) is 0.865. The van der Waals surface area contributed by atoms with Gasteiger partial charge in [0.2, 0.25) is 0 Å². The van der Waals surface area contributed by atoms with Gasteiger partial charge in [-0.2, -0.15) is 0 Å². The number of aryl methyl sites for hydroxylation is 2. The lowest BCUT2D eigenvalue weighted by molar-refractivity contribution is 0.715. The van der Waals surface area contributed by atoms with E-state index in [1.165, 1.54) is 29.8 Å². The Hall–Kier alpha value is -1.09. The van der Waals surface area contributed by atoms with E-state index in [1.54, 1.807) is 0 Å². The summed E-state index contributed by atoms with van der Waals surface area (Å²) < 4.78 is 0. The normalized spacial score (nSPS) is 15.6. The van der Waals surface area contributed by atoms with Crippen molar-refractivity contribution in [2.45, 2.75) is 40.2 Å². The highest BCUT2D eigenvalue weighted by molar-refractivity contribution is 5.52. The number of hydrogen-bond acceptors (Lipinski definition) is 3. The summed E-state index contributed by atoms with van der Waals surface area (Å²) in [4.78, 5) is 7.19. The number of nitrogens with zero attached hydrogens (tertiary/aromatic N) is 2. The Morgan fingerprint density at radius 2 is 2.00 bits per heavy atom. The van der Waals surface area contributed by atoms with Crippen molar-refractivity contribution in [2.24, 2.45) is 0 Å². The van der Waals surface area contributed by atoms with Crippen LogP contribution in [0.4, 0.5) is 5.82 Å². The molecular formula is C14H23N3. The zero-order chi connectivity index (χ0) is 12.3. The van der Waals surface area contributed by atoms with Crippen molar-refractivity contribution in [1.29, 1.82) is 0 Å². The van der Waals surface area contributed by atoms with Crippen LogP contribution in [0.2, 0.25) is 0 Å². The summed E-state index contributed by atoms with van der Waals surface area (Å²) in [7, 11) is 0. The average molecular weight is 233 g/mol. The van der Waals surface area contributed by atoms with Crippen molar-refractivity contribution in [3.63, 3.8) is 0 Å². The minimum atomic E-state index is 0.932. The molecule has 0 aliphatic carbocycles. The van der Waals surface area contributed by atoms with Gasteiger partial charge >= 0.3 is 0 Å². The molecule has 1 aliphatic heterocycles. The summed E-state index contributed by atoms with van der Waals surface area (Å²) >= 11 is 0. The molecule has 0 bridgehead atoms. The minimum absolute atomic E-state index is 0.932. The molecule has 0 radical (unpaired) electrons. The van der Waals surface area contributed by atoms with Crippen LogP contribution < -0.4 is 10.2 Å². The van der Waals surface area contributed by atoms with Crippen LogP contribution in [0.1, 0.15) is 36.6 Å². The Morgan fingerprint density at radius 1 is 1.29 bits per heavy atom. The van der Waals surface area contributed by atoms with Gasteiger partial charge in [0.05, 0.1) is 0 Å². The van der Waals surface area contributed by atoms with Crippen molar-refractivity contribution in [3.05, 3.63) is 22.9 Å². The third-order valence-corrected chi connectivity index (χ3v) is 3.41. The first-order valence-corrected chi connectivity index (χ1v) is 6.65. The van der Waals surface area contributed by atoms with Crippen LogP contribution in [0.5, 0.6) is 0 Å². The highest BCUT2D eigenvalue weighted by Crippen LogP contribution is 2.25. The van der Waals surface area contributed by atoms with Crippen LogP contribution in [0.3, 0.4) is 0 Å². The highest BCUT2D eigenvalue weighted by Gasteiger charge is 2.18. The van der Waals surface area contributed by atoms with Gasteiger partial charge in [-0.05, 0) is 44.9 Å². The Morgan fingerprint density at radius 3 is 2.65 bits per heavy atom. The minimum Gasteiger partial charge on any atom is -0.356 e. The number of anilines is 1. The van der Waals surface area contributed by atoms with Crippen LogP contribution in [-0.2, 0) is 6.54 Å². The summed E-state index contributed by atoms with van der Waals surface area (Å²) in [6.07, 6.45) is 2.60. The second-order valence-corrected chi connectivity index (χ2v) is 4.86. The molecule has 94 valence electrons. The van der Waals surface area contributed by atoms with Crippen molar-refractivity contribution in [1.82, 2.24) is 10.3 Å². The predicted molar refractivity (Wildman–Crippen MR) is 72.5 cm³/mol. The Labute approximate surface area is 104 Å². The van der Waals surface area contributed by atoms with Crippen molar-refractivity contribution in [3.8, 4) is 0 Å². The van der Waals surface area contributed by atoms with Gasteiger partial charge < -0.3 is 10.2 Å². The van der Waals surface area contributed by atoms with Crippen molar-refractivity contribution in [2.75, 3.05) is 24.5 Å². The van der Waals surface area contributed by atoms with Gasteiger partial charge in [0, 0.05) is 30.9 Å². The Balaban J connectivity index is 2.32. The van der Waals surface area contributed by atoms with E-state index in [0.717, 1.165) is 31.9 Å². The zero-order valence-corrected chi connectivity index (χ0v) is 11.2. The van der Waals surface area contributed by atoms with E-state index in [1.807, 2.05) is 0 Å². The fraction of sp³-hybridized carbons (Fsp3) is 0.643. The van der Waals surface area contributed by atoms with Crippen molar-refractivity contribution < 1.29 is 0 Å². The topological polar surface area (TPSA) is 28.2 Å². The maximum absolute atomic E-state index is 4.75. The van der Waals surface area contributed by atoms with E-state index in [0.29, 0.717) is 0 Å². The molecule has 3 nitrogen and oxygen atoms in total. The standard InChI is InChI=1S/C14H23N3/c1-4-15-10-13-11(2)9-12(3)16-14(13)17-7-5-6-8-17/h9,15H,4-8,10H2,1-3H3. The van der Waals surface area contributed by atoms with E-state index < -0.39 is 0 Å². The third kappa shape index (κ3) is 2.78. The molecule has 3 heteroatoms. The maximum atomic E-state index is 4.75. The van der Waals surface area contributed by atoms with E-state index in [2.05, 4.69) is 37.1 Å². The summed E-state index contributed by atoms with van der Waals surface area (Å²) in [5.74, 6) is 1.21. The van der Waals surface area contributed by atoms with Gasteiger partial charge in [-0.25, -0.2) is 4.98 Å². The molecular weight excluding hydrogens is 210 g/mol. The summed E-state index contributed by atoms with van der Waals surface area (Å²) in [5.41, 5.74) is 3.87. The lowest BCUT2D eigenvalue weighted by atomic mass is 10.1. The van der Waals surface area contributed by atoms with E-state index in [4.69, 9.17) is 4.98 Å². The third-order valence-electron chi connectivity index (χ3n) is 3.41. The Kier molecular flexibility index (Phi) is 4.00. The number of hydrogen-bond donors (Lipinski definition) is 1. The van der Waals surface area contributed by atoms with Gasteiger partial charge in [0.15, 0.2) is 0 Å². The van der Waals surface area contributed by atoms with E-state index in [9.17, 15) is 0 Å². The first kappa shape index (κ1) is 12.4. The molecule has 0 unspecified atom stereocenters. The van der Waals surface area contributed by atoms with Gasteiger partial charge in [-0.1, -0.05) is 6.92 Å². The molecule has 1 N–H and O–H groups in total. The van der Waals surface area contributed by atoms with Crippen LogP contribution in [0.15, 0.2) is 6.07 Å². The SMILES string of the molecule is CCNCc1c(C)cc(C)nc1N1CCCC1. The summed E-state index contributed by atoms with van der Waals surface area (Å²) in [6.45, 7) is 10.7. The molecule has 0 spiro atoms. The molecule has 0 atom stereocenters. The number of pyridine rings is 1. The summed E-state index contributed by atoms with van der Waals surface area (Å²) in [6, 6.07) is 2.19. The van der Waals surface area contributed by atoms with Gasteiger partial charge in [-0.3, -0.25) is 0 Å². The summed E-state index contributed by atoms with van der Waals surface area (Å²) in [5, 5.41) is 3.42. The van der Waals surface area contributed by atoms with Gasteiger partial charge in [0.1, 0.15) is 5.82 Å². The van der Waals surface area contributed by atoms with Crippen LogP contribution in [0.25, 0.3) is 0 Å².